The third kappa shape index (κ3) is 4.32. The van der Waals surface area contributed by atoms with E-state index in [0.717, 1.165) is 18.5 Å². The third-order valence-corrected chi connectivity index (χ3v) is 3.93. The van der Waals surface area contributed by atoms with Gasteiger partial charge in [0.15, 0.2) is 0 Å². The Bertz CT molecular complexity index is 378. The van der Waals surface area contributed by atoms with Crippen LogP contribution in [-0.2, 0) is 11.3 Å². The highest BCUT2D eigenvalue weighted by Crippen LogP contribution is 2.25. The number of hydrogen-bond donors (Lipinski definition) is 1. The number of aromatic nitrogens is 2. The van der Waals surface area contributed by atoms with Crippen LogP contribution in [0.3, 0.4) is 0 Å². The van der Waals surface area contributed by atoms with Crippen molar-refractivity contribution >= 4 is 0 Å². The Hall–Kier alpha value is -0.870. The maximum absolute atomic E-state index is 6.43. The summed E-state index contributed by atoms with van der Waals surface area (Å²) in [4.78, 5) is 0. The van der Waals surface area contributed by atoms with Crippen molar-refractivity contribution in [2.24, 2.45) is 5.73 Å². The summed E-state index contributed by atoms with van der Waals surface area (Å²) in [6.07, 6.45) is 9.30. The zero-order chi connectivity index (χ0) is 13.7. The second-order valence-electron chi connectivity index (χ2n) is 6.15. The molecule has 19 heavy (non-hydrogen) atoms. The molecule has 4 heteroatoms. The second-order valence-corrected chi connectivity index (χ2v) is 6.15. The molecule has 0 radical (unpaired) electrons. The summed E-state index contributed by atoms with van der Waals surface area (Å²) in [5.74, 6) is 0. The highest BCUT2D eigenvalue weighted by Gasteiger charge is 2.26. The van der Waals surface area contributed by atoms with E-state index in [0.29, 0.717) is 19.3 Å². The molecular formula is C15H27N3O. The van der Waals surface area contributed by atoms with Crippen molar-refractivity contribution in [1.29, 1.82) is 0 Å². The van der Waals surface area contributed by atoms with E-state index >= 15 is 0 Å². The maximum atomic E-state index is 6.43. The fraction of sp³-hybridized carbons (Fsp3) is 0.800. The molecule has 2 rings (SSSR count). The van der Waals surface area contributed by atoms with Crippen molar-refractivity contribution in [2.75, 3.05) is 6.61 Å². The molecule has 1 aromatic rings. The van der Waals surface area contributed by atoms with E-state index in [-0.39, 0.29) is 5.54 Å². The van der Waals surface area contributed by atoms with E-state index in [2.05, 4.69) is 18.9 Å². The first kappa shape index (κ1) is 14.5. The zero-order valence-electron chi connectivity index (χ0n) is 12.3. The van der Waals surface area contributed by atoms with Gasteiger partial charge in [-0.15, -0.1) is 0 Å². The molecule has 1 heterocycles. The lowest BCUT2D eigenvalue weighted by Crippen LogP contribution is -2.43. The molecule has 0 aliphatic heterocycles. The Morgan fingerprint density at radius 2 is 2.00 bits per heavy atom. The average Bonchev–Trinajstić information content (AvgIpc) is 2.73. The predicted octanol–water partition coefficient (Wildman–Crippen LogP) is 3.03. The monoisotopic (exact) mass is 265 g/mol. The highest BCUT2D eigenvalue weighted by atomic mass is 16.5. The van der Waals surface area contributed by atoms with Crippen molar-refractivity contribution in [3.05, 3.63) is 18.0 Å². The van der Waals surface area contributed by atoms with Crippen LogP contribution in [0.4, 0.5) is 0 Å². The van der Waals surface area contributed by atoms with Crippen molar-refractivity contribution < 1.29 is 4.74 Å². The van der Waals surface area contributed by atoms with Gasteiger partial charge in [-0.25, -0.2) is 0 Å². The van der Waals surface area contributed by atoms with Crippen LogP contribution >= 0.6 is 0 Å². The number of nitrogens with two attached hydrogens (primary N) is 1. The average molecular weight is 265 g/mol. The van der Waals surface area contributed by atoms with Crippen molar-refractivity contribution in [2.45, 2.75) is 70.6 Å². The third-order valence-electron chi connectivity index (χ3n) is 3.93. The summed E-state index contributed by atoms with van der Waals surface area (Å²) in [6, 6.07) is 2.42. The van der Waals surface area contributed by atoms with Gasteiger partial charge in [-0.1, -0.05) is 25.7 Å². The van der Waals surface area contributed by atoms with Gasteiger partial charge in [-0.2, -0.15) is 5.10 Å². The van der Waals surface area contributed by atoms with Gasteiger partial charge in [0.25, 0.3) is 0 Å². The van der Waals surface area contributed by atoms with Crippen LogP contribution in [0.1, 0.15) is 64.1 Å². The van der Waals surface area contributed by atoms with Crippen LogP contribution in [0.2, 0.25) is 0 Å². The van der Waals surface area contributed by atoms with Crippen molar-refractivity contribution in [3.63, 3.8) is 0 Å². The molecule has 1 aliphatic rings. The fourth-order valence-electron chi connectivity index (χ4n) is 2.68. The first-order valence-electron chi connectivity index (χ1n) is 7.50. The molecule has 108 valence electrons. The summed E-state index contributed by atoms with van der Waals surface area (Å²) in [7, 11) is 0. The predicted molar refractivity (Wildman–Crippen MR) is 76.9 cm³/mol. The summed E-state index contributed by atoms with van der Waals surface area (Å²) in [6.45, 7) is 5.47. The van der Waals surface area contributed by atoms with Gasteiger partial charge in [-0.05, 0) is 32.8 Å². The molecule has 0 atom stereocenters. The lowest BCUT2D eigenvalue weighted by Gasteiger charge is -2.27. The van der Waals surface area contributed by atoms with E-state index < -0.39 is 0 Å². The highest BCUT2D eigenvalue weighted by molar-refractivity contribution is 4.98. The van der Waals surface area contributed by atoms with Gasteiger partial charge in [0.1, 0.15) is 0 Å². The standard InChI is InChI=1S/C15H27N3O/c1-13(2)18-10-7-14(17-18)11-19-12-15(16)8-5-3-4-6-9-15/h7,10,13H,3-6,8-9,11-12,16H2,1-2H3. The topological polar surface area (TPSA) is 53.1 Å². The molecule has 0 saturated heterocycles. The van der Waals surface area contributed by atoms with Crippen LogP contribution in [0.15, 0.2) is 12.3 Å². The number of rotatable bonds is 5. The fourth-order valence-corrected chi connectivity index (χ4v) is 2.68. The van der Waals surface area contributed by atoms with Gasteiger partial charge < -0.3 is 10.5 Å². The Morgan fingerprint density at radius 3 is 2.58 bits per heavy atom. The van der Waals surface area contributed by atoms with E-state index in [1.54, 1.807) is 0 Å². The molecule has 0 bridgehead atoms. The lowest BCUT2D eigenvalue weighted by molar-refractivity contribution is 0.0645. The minimum atomic E-state index is -0.114. The first-order valence-corrected chi connectivity index (χ1v) is 7.50. The van der Waals surface area contributed by atoms with Gasteiger partial charge in [-0.3, -0.25) is 4.68 Å². The van der Waals surface area contributed by atoms with E-state index in [9.17, 15) is 0 Å². The van der Waals surface area contributed by atoms with E-state index in [1.807, 2.05) is 16.9 Å². The smallest absolute Gasteiger partial charge is 0.0907 e. The van der Waals surface area contributed by atoms with Crippen molar-refractivity contribution in [3.8, 4) is 0 Å². The molecule has 0 aromatic carbocycles. The molecule has 0 spiro atoms. The van der Waals surface area contributed by atoms with Crippen LogP contribution in [-0.4, -0.2) is 21.9 Å². The Labute approximate surface area is 116 Å². The largest absolute Gasteiger partial charge is 0.373 e. The molecule has 1 fully saturated rings. The van der Waals surface area contributed by atoms with Crippen LogP contribution in [0.25, 0.3) is 0 Å². The SMILES string of the molecule is CC(C)n1ccc(COCC2(N)CCCCCC2)n1. The van der Waals surface area contributed by atoms with E-state index in [4.69, 9.17) is 10.5 Å². The quantitative estimate of drug-likeness (QED) is 0.833. The summed E-state index contributed by atoms with van der Waals surface area (Å²) in [5, 5.41) is 4.48. The van der Waals surface area contributed by atoms with Crippen LogP contribution < -0.4 is 5.73 Å². The van der Waals surface area contributed by atoms with Gasteiger partial charge in [0, 0.05) is 17.8 Å². The second kappa shape index (κ2) is 6.53. The molecule has 2 N–H and O–H groups in total. The molecule has 0 unspecified atom stereocenters. The Kier molecular flexibility index (Phi) is 4.99. The first-order chi connectivity index (χ1) is 9.09. The molecule has 4 nitrogen and oxygen atoms in total. The number of nitrogens with zero attached hydrogens (tertiary/aromatic N) is 2. The van der Waals surface area contributed by atoms with Crippen LogP contribution in [0.5, 0.6) is 0 Å². The Balaban J connectivity index is 1.78. The molecule has 1 aromatic heterocycles. The number of hydrogen-bond acceptors (Lipinski definition) is 3. The number of ether oxygens (including phenoxy) is 1. The molecule has 0 amide bonds. The van der Waals surface area contributed by atoms with Crippen molar-refractivity contribution in [1.82, 2.24) is 9.78 Å². The van der Waals surface area contributed by atoms with Crippen LogP contribution in [0, 0.1) is 0 Å². The van der Waals surface area contributed by atoms with Gasteiger partial charge in [0.2, 0.25) is 0 Å². The lowest BCUT2D eigenvalue weighted by atomic mass is 9.93. The Morgan fingerprint density at radius 1 is 1.32 bits per heavy atom. The van der Waals surface area contributed by atoms with Gasteiger partial charge >= 0.3 is 0 Å². The molecule has 1 aliphatic carbocycles. The molecule has 1 saturated carbocycles. The maximum Gasteiger partial charge on any atom is 0.0907 e. The molecular weight excluding hydrogens is 238 g/mol. The van der Waals surface area contributed by atoms with Gasteiger partial charge in [0.05, 0.1) is 18.9 Å². The summed E-state index contributed by atoms with van der Waals surface area (Å²) >= 11 is 0. The zero-order valence-corrected chi connectivity index (χ0v) is 12.3. The minimum Gasteiger partial charge on any atom is -0.373 e. The summed E-state index contributed by atoms with van der Waals surface area (Å²) in [5.41, 5.74) is 7.30. The summed E-state index contributed by atoms with van der Waals surface area (Å²) < 4.78 is 7.77. The normalized spacial score (nSPS) is 19.6. The minimum absolute atomic E-state index is 0.114. The van der Waals surface area contributed by atoms with E-state index in [1.165, 1.54) is 25.7 Å².